The predicted molar refractivity (Wildman–Crippen MR) is 68.5 cm³/mol. The van der Waals surface area contributed by atoms with E-state index in [1.54, 1.807) is 13.1 Å². The van der Waals surface area contributed by atoms with Crippen molar-refractivity contribution in [1.82, 2.24) is 19.7 Å². The Kier molecular flexibility index (Phi) is 3.45. The van der Waals surface area contributed by atoms with E-state index in [9.17, 15) is 0 Å². The van der Waals surface area contributed by atoms with Crippen molar-refractivity contribution in [2.24, 2.45) is 0 Å². The number of nitrogens with zero attached hydrogens (tertiary/aromatic N) is 4. The molecule has 0 aromatic carbocycles. The van der Waals surface area contributed by atoms with Crippen molar-refractivity contribution in [3.8, 4) is 11.6 Å². The molecule has 0 unspecified atom stereocenters. The second kappa shape index (κ2) is 5.03. The first kappa shape index (κ1) is 12.3. The topological polar surface area (TPSA) is 78.8 Å². The lowest BCUT2D eigenvalue weighted by atomic mass is 10.3. The summed E-state index contributed by atoms with van der Waals surface area (Å²) < 4.78 is 7.52. The molecule has 0 saturated carbocycles. The van der Waals surface area contributed by atoms with Crippen LogP contribution in [0.15, 0.2) is 12.4 Å². The van der Waals surface area contributed by atoms with Crippen molar-refractivity contribution >= 4 is 5.82 Å². The van der Waals surface area contributed by atoms with Gasteiger partial charge in [-0.05, 0) is 20.3 Å². The van der Waals surface area contributed by atoms with Gasteiger partial charge in [-0.15, -0.1) is 0 Å². The minimum absolute atomic E-state index is 0.443. The highest BCUT2D eigenvalue weighted by atomic mass is 16.5. The Morgan fingerprint density at radius 2 is 2.11 bits per heavy atom. The van der Waals surface area contributed by atoms with Crippen molar-refractivity contribution in [3.63, 3.8) is 0 Å². The van der Waals surface area contributed by atoms with E-state index in [0.717, 1.165) is 18.5 Å². The summed E-state index contributed by atoms with van der Waals surface area (Å²) in [4.78, 5) is 8.31. The van der Waals surface area contributed by atoms with E-state index in [0.29, 0.717) is 23.3 Å². The molecule has 0 aliphatic rings. The average molecular weight is 247 g/mol. The number of hydrogen-bond acceptors (Lipinski definition) is 5. The van der Waals surface area contributed by atoms with Crippen LogP contribution in [-0.2, 0) is 6.54 Å². The van der Waals surface area contributed by atoms with Gasteiger partial charge >= 0.3 is 0 Å². The number of aryl methyl sites for hydroxylation is 2. The highest BCUT2D eigenvalue weighted by molar-refractivity contribution is 5.45. The maximum absolute atomic E-state index is 5.78. The van der Waals surface area contributed by atoms with Crippen molar-refractivity contribution in [2.75, 3.05) is 5.73 Å². The summed E-state index contributed by atoms with van der Waals surface area (Å²) in [5.41, 5.74) is 6.52. The first-order chi connectivity index (χ1) is 8.60. The van der Waals surface area contributed by atoms with E-state index in [2.05, 4.69) is 22.0 Å². The quantitative estimate of drug-likeness (QED) is 0.894. The molecule has 96 valence electrons. The molecule has 0 amide bonds. The van der Waals surface area contributed by atoms with Crippen LogP contribution >= 0.6 is 0 Å². The van der Waals surface area contributed by atoms with Crippen LogP contribution < -0.4 is 10.5 Å². The number of nitrogens with two attached hydrogens (primary N) is 1. The Bertz CT molecular complexity index is 549. The van der Waals surface area contributed by atoms with Crippen LogP contribution in [0.25, 0.3) is 0 Å². The van der Waals surface area contributed by atoms with Gasteiger partial charge in [-0.25, -0.2) is 4.98 Å². The van der Waals surface area contributed by atoms with Crippen molar-refractivity contribution in [2.45, 2.75) is 33.7 Å². The van der Waals surface area contributed by atoms with Crippen LogP contribution in [0.2, 0.25) is 0 Å². The van der Waals surface area contributed by atoms with Crippen LogP contribution in [0.1, 0.15) is 24.7 Å². The normalized spacial score (nSPS) is 10.6. The van der Waals surface area contributed by atoms with Crippen LogP contribution in [0, 0.1) is 13.8 Å². The summed E-state index contributed by atoms with van der Waals surface area (Å²) in [5, 5.41) is 4.19. The van der Waals surface area contributed by atoms with Crippen LogP contribution in [0.3, 0.4) is 0 Å². The molecule has 2 aromatic heterocycles. The number of anilines is 1. The van der Waals surface area contributed by atoms with E-state index in [-0.39, 0.29) is 0 Å². The van der Waals surface area contributed by atoms with Crippen molar-refractivity contribution in [1.29, 1.82) is 0 Å². The zero-order valence-corrected chi connectivity index (χ0v) is 10.8. The lowest BCUT2D eigenvalue weighted by molar-refractivity contribution is 0.454. The summed E-state index contributed by atoms with van der Waals surface area (Å²) >= 11 is 0. The summed E-state index contributed by atoms with van der Waals surface area (Å²) in [6, 6.07) is 0. The summed E-state index contributed by atoms with van der Waals surface area (Å²) in [6.45, 7) is 6.58. The largest absolute Gasteiger partial charge is 0.435 e. The number of ether oxygens (including phenoxy) is 1. The first-order valence-corrected chi connectivity index (χ1v) is 5.91. The molecule has 6 heteroatoms. The molecule has 0 aliphatic carbocycles. The third-order valence-corrected chi connectivity index (χ3v) is 2.53. The summed E-state index contributed by atoms with van der Waals surface area (Å²) in [5.74, 6) is 2.17. The molecule has 2 rings (SSSR count). The Balaban J connectivity index is 2.22. The molecule has 0 fully saturated rings. The molecule has 0 bridgehead atoms. The van der Waals surface area contributed by atoms with Crippen molar-refractivity contribution in [3.05, 3.63) is 23.8 Å². The maximum atomic E-state index is 5.78. The third-order valence-electron chi connectivity index (χ3n) is 2.53. The SMILES string of the molecule is CCCn1cc(Oc2nc(C)nc(N)c2C)cn1. The monoisotopic (exact) mass is 247 g/mol. The molecule has 0 radical (unpaired) electrons. The molecular weight excluding hydrogens is 230 g/mol. The Labute approximate surface area is 106 Å². The highest BCUT2D eigenvalue weighted by Gasteiger charge is 2.10. The lowest BCUT2D eigenvalue weighted by Crippen LogP contribution is -2.02. The zero-order chi connectivity index (χ0) is 13.1. The molecule has 6 nitrogen and oxygen atoms in total. The van der Waals surface area contributed by atoms with E-state index >= 15 is 0 Å². The van der Waals surface area contributed by atoms with Gasteiger partial charge in [-0.2, -0.15) is 10.1 Å². The smallest absolute Gasteiger partial charge is 0.227 e. The minimum atomic E-state index is 0.443. The van der Waals surface area contributed by atoms with Crippen LogP contribution in [0.4, 0.5) is 5.82 Å². The molecule has 0 spiro atoms. The number of hydrogen-bond donors (Lipinski definition) is 1. The maximum Gasteiger partial charge on any atom is 0.227 e. The first-order valence-electron chi connectivity index (χ1n) is 5.91. The Morgan fingerprint density at radius 1 is 1.33 bits per heavy atom. The van der Waals surface area contributed by atoms with Crippen LogP contribution in [-0.4, -0.2) is 19.7 Å². The molecule has 0 atom stereocenters. The van der Waals surface area contributed by atoms with Crippen molar-refractivity contribution < 1.29 is 4.74 Å². The van der Waals surface area contributed by atoms with E-state index in [1.165, 1.54) is 0 Å². The van der Waals surface area contributed by atoms with E-state index in [4.69, 9.17) is 10.5 Å². The number of rotatable bonds is 4. The molecule has 2 N–H and O–H groups in total. The fourth-order valence-electron chi connectivity index (χ4n) is 1.58. The van der Waals surface area contributed by atoms with Gasteiger partial charge < -0.3 is 10.5 Å². The van der Waals surface area contributed by atoms with E-state index in [1.807, 2.05) is 17.8 Å². The number of nitrogen functional groups attached to an aromatic ring is 1. The zero-order valence-electron chi connectivity index (χ0n) is 10.8. The molecular formula is C12H17N5O. The highest BCUT2D eigenvalue weighted by Crippen LogP contribution is 2.25. The molecule has 0 aliphatic heterocycles. The number of aromatic nitrogens is 4. The minimum Gasteiger partial charge on any atom is -0.435 e. The van der Waals surface area contributed by atoms with Gasteiger partial charge in [0.1, 0.15) is 11.6 Å². The summed E-state index contributed by atoms with van der Waals surface area (Å²) in [6.07, 6.45) is 4.54. The fourth-order valence-corrected chi connectivity index (χ4v) is 1.58. The second-order valence-electron chi connectivity index (χ2n) is 4.13. The lowest BCUT2D eigenvalue weighted by Gasteiger charge is -2.07. The Hall–Kier alpha value is -2.11. The van der Waals surface area contributed by atoms with Gasteiger partial charge in [0.15, 0.2) is 5.75 Å². The van der Waals surface area contributed by atoms with Crippen LogP contribution in [0.5, 0.6) is 11.6 Å². The summed E-state index contributed by atoms with van der Waals surface area (Å²) in [7, 11) is 0. The third kappa shape index (κ3) is 2.58. The second-order valence-corrected chi connectivity index (χ2v) is 4.13. The van der Waals surface area contributed by atoms with Gasteiger partial charge in [0.25, 0.3) is 0 Å². The predicted octanol–water partition coefficient (Wildman–Crippen LogP) is 2.07. The Morgan fingerprint density at radius 3 is 2.83 bits per heavy atom. The average Bonchev–Trinajstić information content (AvgIpc) is 2.73. The molecule has 18 heavy (non-hydrogen) atoms. The van der Waals surface area contributed by atoms with Gasteiger partial charge in [0.2, 0.25) is 5.88 Å². The van der Waals surface area contributed by atoms with Gasteiger partial charge in [-0.3, -0.25) is 4.68 Å². The van der Waals surface area contributed by atoms with Gasteiger partial charge in [-0.1, -0.05) is 6.92 Å². The molecule has 0 saturated heterocycles. The van der Waals surface area contributed by atoms with E-state index < -0.39 is 0 Å². The molecule has 2 heterocycles. The molecule has 2 aromatic rings. The standard InChI is InChI=1S/C12H17N5O/c1-4-5-17-7-10(6-14-17)18-12-8(2)11(13)15-9(3)16-12/h6-7H,4-5H2,1-3H3,(H2,13,15,16). The fraction of sp³-hybridized carbons (Fsp3) is 0.417. The van der Waals surface area contributed by atoms with Gasteiger partial charge in [0.05, 0.1) is 18.0 Å². The van der Waals surface area contributed by atoms with Gasteiger partial charge in [0, 0.05) is 6.54 Å².